The monoisotopic (exact) mass is 663 g/mol. The Kier molecular flexibility index (Phi) is 7.85. The number of benzene rings is 2. The van der Waals surface area contributed by atoms with Crippen molar-refractivity contribution in [1.82, 2.24) is 10.2 Å². The van der Waals surface area contributed by atoms with Gasteiger partial charge in [-0.2, -0.15) is 31.6 Å². The fraction of sp³-hybridized carbons (Fsp3) is 0.464. The highest BCUT2D eigenvalue weighted by atomic mass is 35.5. The maximum Gasteiger partial charge on any atom is 0.422 e. The van der Waals surface area contributed by atoms with Gasteiger partial charge in [0.25, 0.3) is 0 Å². The van der Waals surface area contributed by atoms with Crippen LogP contribution in [-0.4, -0.2) is 61.3 Å². The van der Waals surface area contributed by atoms with E-state index in [4.69, 9.17) is 11.6 Å². The van der Waals surface area contributed by atoms with Crippen molar-refractivity contribution < 1.29 is 49.1 Å². The van der Waals surface area contributed by atoms with Crippen LogP contribution in [0.25, 0.3) is 0 Å². The lowest BCUT2D eigenvalue weighted by Crippen LogP contribution is -2.51. The lowest BCUT2D eigenvalue weighted by Gasteiger charge is -2.29. The Morgan fingerprint density at radius 1 is 1.05 bits per heavy atom. The molecular weight excluding hydrogens is 640 g/mol. The molecule has 1 aliphatic heterocycles. The van der Waals surface area contributed by atoms with E-state index in [0.29, 0.717) is 12.8 Å². The van der Waals surface area contributed by atoms with E-state index in [2.05, 4.69) is 10.1 Å². The molecule has 44 heavy (non-hydrogen) atoms. The summed E-state index contributed by atoms with van der Waals surface area (Å²) in [4.78, 5) is 28.0. The summed E-state index contributed by atoms with van der Waals surface area (Å²) >= 11 is 6.15. The normalized spacial score (nSPS) is 22.2. The van der Waals surface area contributed by atoms with E-state index in [1.807, 2.05) is 6.07 Å². The summed E-state index contributed by atoms with van der Waals surface area (Å²) in [6.45, 7) is -2.10. The predicted molar refractivity (Wildman–Crippen MR) is 142 cm³/mol. The van der Waals surface area contributed by atoms with Gasteiger partial charge in [0.05, 0.1) is 32.2 Å². The molecule has 2 unspecified atom stereocenters. The van der Waals surface area contributed by atoms with Gasteiger partial charge in [-0.1, -0.05) is 23.7 Å². The van der Waals surface area contributed by atoms with Gasteiger partial charge in [0, 0.05) is 12.6 Å². The number of hydrogen-bond acceptors (Lipinski definition) is 6. The zero-order valence-corrected chi connectivity index (χ0v) is 24.2. The summed E-state index contributed by atoms with van der Waals surface area (Å²) in [5.41, 5.74) is -3.02. The van der Waals surface area contributed by atoms with E-state index in [1.165, 1.54) is 12.1 Å². The number of nitrogens with zero attached hydrogens (tertiary/aromatic N) is 2. The highest BCUT2D eigenvalue weighted by Crippen LogP contribution is 2.51. The van der Waals surface area contributed by atoms with E-state index in [1.54, 1.807) is 0 Å². The third kappa shape index (κ3) is 6.19. The lowest BCUT2D eigenvalue weighted by atomic mass is 9.93. The lowest BCUT2D eigenvalue weighted by molar-refractivity contribution is -0.153. The van der Waals surface area contributed by atoms with Gasteiger partial charge in [-0.15, -0.1) is 0 Å². The standard InChI is InChI=1S/C28H24ClF6N3O5S/c29-20-11-18(43-15-27(30,31)32)5-6-22(20)44(41,42)19-12-21(23(39)37-25(14-36)7-8-25)38(13-19)24(40)26(9-10-26)16-1-3-17(4-2-16)28(33,34)35/h1-6,11,19,21H,7-10,12-13,15H2,(H,37,39). The van der Waals surface area contributed by atoms with E-state index in [0.717, 1.165) is 35.2 Å². The second-order valence-electron chi connectivity index (χ2n) is 11.2. The van der Waals surface area contributed by atoms with E-state index >= 15 is 0 Å². The molecule has 0 radical (unpaired) electrons. The molecule has 2 aromatic rings. The number of rotatable bonds is 8. The number of ether oxygens (including phenoxy) is 1. The van der Waals surface area contributed by atoms with Crippen LogP contribution < -0.4 is 10.1 Å². The van der Waals surface area contributed by atoms with E-state index < -0.39 is 84.9 Å². The fourth-order valence-corrected chi connectivity index (χ4v) is 7.59. The van der Waals surface area contributed by atoms with Crippen molar-refractivity contribution in [2.75, 3.05) is 13.2 Å². The molecule has 236 valence electrons. The van der Waals surface area contributed by atoms with Crippen molar-refractivity contribution >= 4 is 33.3 Å². The maximum absolute atomic E-state index is 14.0. The predicted octanol–water partition coefficient (Wildman–Crippen LogP) is 4.95. The molecule has 3 fully saturated rings. The summed E-state index contributed by atoms with van der Waals surface area (Å²) < 4.78 is 109. The first kappa shape index (κ1) is 31.9. The van der Waals surface area contributed by atoms with E-state index in [-0.39, 0.29) is 30.6 Å². The molecule has 0 aromatic heterocycles. The third-order valence-electron chi connectivity index (χ3n) is 8.13. The van der Waals surface area contributed by atoms with Crippen LogP contribution in [0.15, 0.2) is 47.4 Å². The molecule has 2 atom stereocenters. The Bertz CT molecular complexity index is 1630. The minimum Gasteiger partial charge on any atom is -0.484 e. The number of carbonyl (C=O) groups excluding carboxylic acids is 2. The second kappa shape index (κ2) is 10.8. The molecule has 1 saturated heterocycles. The zero-order valence-electron chi connectivity index (χ0n) is 22.6. The van der Waals surface area contributed by atoms with Crippen LogP contribution in [0.1, 0.15) is 43.2 Å². The van der Waals surface area contributed by atoms with Gasteiger partial charge < -0.3 is 15.0 Å². The maximum atomic E-state index is 14.0. The molecule has 5 rings (SSSR count). The summed E-state index contributed by atoms with van der Waals surface area (Å²) in [6.07, 6.45) is -8.37. The van der Waals surface area contributed by atoms with Crippen molar-refractivity contribution in [3.63, 3.8) is 0 Å². The molecule has 16 heteroatoms. The Labute approximate surface area is 252 Å². The molecular formula is C28H24ClF6N3O5S. The number of carbonyl (C=O) groups is 2. The van der Waals surface area contributed by atoms with Crippen LogP contribution in [0.2, 0.25) is 5.02 Å². The van der Waals surface area contributed by atoms with Crippen LogP contribution in [0.3, 0.4) is 0 Å². The molecule has 0 spiro atoms. The molecule has 8 nitrogen and oxygen atoms in total. The van der Waals surface area contributed by atoms with Crippen LogP contribution in [0, 0.1) is 11.3 Å². The topological polar surface area (TPSA) is 117 Å². The van der Waals surface area contributed by atoms with Crippen molar-refractivity contribution in [3.8, 4) is 11.8 Å². The van der Waals surface area contributed by atoms with Gasteiger partial charge in [0.15, 0.2) is 16.4 Å². The average molecular weight is 664 g/mol. The van der Waals surface area contributed by atoms with Crippen LogP contribution >= 0.6 is 11.6 Å². The number of nitriles is 1. The minimum absolute atomic E-state index is 0.257. The molecule has 3 aliphatic rings. The number of halogens is 7. The Morgan fingerprint density at radius 3 is 2.18 bits per heavy atom. The first-order valence-electron chi connectivity index (χ1n) is 13.4. The molecule has 2 amide bonds. The van der Waals surface area contributed by atoms with Gasteiger partial charge in [0.2, 0.25) is 11.8 Å². The molecule has 1 N–H and O–H groups in total. The Balaban J connectivity index is 1.43. The number of nitrogens with one attached hydrogen (secondary N) is 1. The molecule has 0 bridgehead atoms. The van der Waals surface area contributed by atoms with Crippen molar-refractivity contribution in [3.05, 3.63) is 58.6 Å². The number of hydrogen-bond donors (Lipinski definition) is 1. The van der Waals surface area contributed by atoms with Crippen molar-refractivity contribution in [2.24, 2.45) is 0 Å². The highest BCUT2D eigenvalue weighted by molar-refractivity contribution is 7.92. The summed E-state index contributed by atoms with van der Waals surface area (Å²) in [5, 5.41) is 10.2. The third-order valence-corrected chi connectivity index (χ3v) is 10.7. The zero-order chi connectivity index (χ0) is 32.3. The van der Waals surface area contributed by atoms with Crippen LogP contribution in [-0.2, 0) is 31.0 Å². The van der Waals surface area contributed by atoms with Crippen molar-refractivity contribution in [2.45, 2.75) is 71.6 Å². The fourth-order valence-electron chi connectivity index (χ4n) is 5.36. The SMILES string of the molecule is N#CC1(NC(=O)C2CC(S(=O)(=O)c3ccc(OCC(F)(F)F)cc3Cl)CN2C(=O)C2(c3ccc(C(F)(F)F)cc3)CC2)CC1. The van der Waals surface area contributed by atoms with Gasteiger partial charge in [-0.25, -0.2) is 8.42 Å². The largest absolute Gasteiger partial charge is 0.484 e. The number of alkyl halides is 6. The average Bonchev–Trinajstić information content (AvgIpc) is 3.87. The molecule has 2 aromatic carbocycles. The van der Waals surface area contributed by atoms with Gasteiger partial charge in [-0.3, -0.25) is 9.59 Å². The number of likely N-dealkylation sites (tertiary alicyclic amines) is 1. The summed E-state index contributed by atoms with van der Waals surface area (Å²) in [6, 6.07) is 7.61. The highest BCUT2D eigenvalue weighted by Gasteiger charge is 2.58. The first-order chi connectivity index (χ1) is 20.4. The summed E-state index contributed by atoms with van der Waals surface area (Å²) in [7, 11) is -4.38. The molecule has 1 heterocycles. The smallest absolute Gasteiger partial charge is 0.422 e. The van der Waals surface area contributed by atoms with Crippen molar-refractivity contribution in [1.29, 1.82) is 5.26 Å². The summed E-state index contributed by atoms with van der Waals surface area (Å²) in [5.74, 6) is -1.72. The van der Waals surface area contributed by atoms with Gasteiger partial charge in [0.1, 0.15) is 17.3 Å². The number of amides is 2. The first-order valence-corrected chi connectivity index (χ1v) is 15.3. The van der Waals surface area contributed by atoms with Crippen LogP contribution in [0.5, 0.6) is 5.75 Å². The van der Waals surface area contributed by atoms with Gasteiger partial charge >= 0.3 is 12.4 Å². The second-order valence-corrected chi connectivity index (χ2v) is 13.8. The van der Waals surface area contributed by atoms with Gasteiger partial charge in [-0.05, 0) is 61.9 Å². The Morgan fingerprint density at radius 2 is 1.68 bits per heavy atom. The minimum atomic E-state index is -4.64. The molecule has 2 aliphatic carbocycles. The quantitative estimate of drug-likeness (QED) is 0.400. The van der Waals surface area contributed by atoms with E-state index in [9.17, 15) is 49.6 Å². The Hall–Kier alpha value is -3.51. The molecule has 2 saturated carbocycles. The van der Waals surface area contributed by atoms with Crippen LogP contribution in [0.4, 0.5) is 26.3 Å². The number of sulfone groups is 1.